The highest BCUT2D eigenvalue weighted by Crippen LogP contribution is 2.16. The van der Waals surface area contributed by atoms with Crippen LogP contribution in [0.1, 0.15) is 30.5 Å². The van der Waals surface area contributed by atoms with Crippen LogP contribution in [0.4, 0.5) is 4.79 Å². The van der Waals surface area contributed by atoms with Crippen molar-refractivity contribution in [3.63, 3.8) is 0 Å². The van der Waals surface area contributed by atoms with Crippen molar-refractivity contribution in [2.24, 2.45) is 0 Å². The summed E-state index contributed by atoms with van der Waals surface area (Å²) in [4.78, 5) is 25.7. The van der Waals surface area contributed by atoms with Gasteiger partial charge in [-0.3, -0.25) is 4.79 Å². The second-order valence-corrected chi connectivity index (χ2v) is 7.08. The number of halogens is 1. The fraction of sp³-hybridized carbons (Fsp3) is 0.300. The minimum atomic E-state index is -0.192. The van der Waals surface area contributed by atoms with Gasteiger partial charge in [0, 0.05) is 31.0 Å². The smallest absolute Gasteiger partial charge is 0.317 e. The van der Waals surface area contributed by atoms with Gasteiger partial charge in [-0.15, -0.1) is 0 Å². The monoisotopic (exact) mass is 417 g/mol. The molecular weight excluding hydrogens is 394 g/mol. The molecule has 0 heterocycles. The van der Waals surface area contributed by atoms with Gasteiger partial charge in [-0.1, -0.05) is 58.4 Å². The number of benzene rings is 2. The molecule has 0 saturated carbocycles. The Morgan fingerprint density at radius 3 is 2.38 bits per heavy atom. The summed E-state index contributed by atoms with van der Waals surface area (Å²) in [5.41, 5.74) is 2.10. The molecule has 2 rings (SSSR count). The Bertz CT molecular complexity index is 720. The van der Waals surface area contributed by atoms with Gasteiger partial charge in [0.15, 0.2) is 0 Å². The van der Waals surface area contributed by atoms with Crippen LogP contribution in [0.15, 0.2) is 59.1 Å². The van der Waals surface area contributed by atoms with Gasteiger partial charge in [0.2, 0.25) is 5.91 Å². The molecule has 6 heteroatoms. The number of urea groups is 1. The molecule has 0 spiro atoms. The third-order valence-corrected chi connectivity index (χ3v) is 4.51. The van der Waals surface area contributed by atoms with Crippen LogP contribution in [0.2, 0.25) is 0 Å². The Kier molecular flexibility index (Phi) is 7.66. The SMILES string of the molecule is CC(NC(=O)CCNC(=O)N(C)Cc1ccccc1)c1ccc(Br)cc1. The molecule has 0 aliphatic rings. The fourth-order valence-corrected chi connectivity index (χ4v) is 2.76. The summed E-state index contributed by atoms with van der Waals surface area (Å²) in [5, 5.41) is 5.71. The van der Waals surface area contributed by atoms with Crippen molar-refractivity contribution < 1.29 is 9.59 Å². The van der Waals surface area contributed by atoms with Crippen LogP contribution in [0.25, 0.3) is 0 Å². The number of nitrogens with one attached hydrogen (secondary N) is 2. The predicted molar refractivity (Wildman–Crippen MR) is 107 cm³/mol. The maximum atomic E-state index is 12.1. The van der Waals surface area contributed by atoms with Crippen molar-refractivity contribution in [1.29, 1.82) is 0 Å². The molecule has 0 radical (unpaired) electrons. The normalized spacial score (nSPS) is 11.5. The molecule has 0 fully saturated rings. The molecule has 0 saturated heterocycles. The lowest BCUT2D eigenvalue weighted by Crippen LogP contribution is -2.39. The molecule has 2 N–H and O–H groups in total. The first-order chi connectivity index (χ1) is 12.5. The predicted octanol–water partition coefficient (Wildman–Crippen LogP) is 3.86. The molecule has 0 aliphatic carbocycles. The summed E-state index contributed by atoms with van der Waals surface area (Å²) in [6.07, 6.45) is 0.242. The Morgan fingerprint density at radius 2 is 1.73 bits per heavy atom. The minimum absolute atomic E-state index is 0.0768. The van der Waals surface area contributed by atoms with E-state index in [1.54, 1.807) is 11.9 Å². The number of carbonyl (C=O) groups is 2. The summed E-state index contributed by atoms with van der Waals surface area (Å²) in [5.74, 6) is -0.0913. The van der Waals surface area contributed by atoms with E-state index in [2.05, 4.69) is 26.6 Å². The van der Waals surface area contributed by atoms with Crippen molar-refractivity contribution in [2.75, 3.05) is 13.6 Å². The number of amides is 3. The number of hydrogen-bond donors (Lipinski definition) is 2. The lowest BCUT2D eigenvalue weighted by Gasteiger charge is -2.18. The Morgan fingerprint density at radius 1 is 1.08 bits per heavy atom. The van der Waals surface area contributed by atoms with E-state index >= 15 is 0 Å². The summed E-state index contributed by atoms with van der Waals surface area (Å²) in [7, 11) is 1.73. The molecule has 3 amide bonds. The first kappa shape index (κ1) is 20.0. The molecular formula is C20H24BrN3O2. The number of hydrogen-bond acceptors (Lipinski definition) is 2. The third-order valence-electron chi connectivity index (χ3n) is 3.99. The van der Waals surface area contributed by atoms with Gasteiger partial charge < -0.3 is 15.5 Å². The molecule has 0 aromatic heterocycles. The van der Waals surface area contributed by atoms with E-state index in [0.717, 1.165) is 15.6 Å². The fourth-order valence-electron chi connectivity index (χ4n) is 2.50. The maximum Gasteiger partial charge on any atom is 0.317 e. The molecule has 2 aromatic carbocycles. The summed E-state index contributed by atoms with van der Waals surface area (Å²) in [6.45, 7) is 2.77. The molecule has 138 valence electrons. The topological polar surface area (TPSA) is 61.4 Å². The van der Waals surface area contributed by atoms with Crippen molar-refractivity contribution >= 4 is 27.9 Å². The summed E-state index contributed by atoms with van der Waals surface area (Å²) >= 11 is 3.39. The van der Waals surface area contributed by atoms with E-state index in [-0.39, 0.29) is 24.4 Å². The molecule has 1 atom stereocenters. The van der Waals surface area contributed by atoms with E-state index in [9.17, 15) is 9.59 Å². The lowest BCUT2D eigenvalue weighted by molar-refractivity contribution is -0.121. The maximum absolute atomic E-state index is 12.1. The van der Waals surface area contributed by atoms with Crippen molar-refractivity contribution in [1.82, 2.24) is 15.5 Å². The van der Waals surface area contributed by atoms with E-state index in [4.69, 9.17) is 0 Å². The van der Waals surface area contributed by atoms with Crippen molar-refractivity contribution in [3.05, 3.63) is 70.2 Å². The van der Waals surface area contributed by atoms with Gasteiger partial charge in [0.1, 0.15) is 0 Å². The quantitative estimate of drug-likeness (QED) is 0.718. The van der Waals surface area contributed by atoms with Crippen molar-refractivity contribution in [2.45, 2.75) is 25.9 Å². The van der Waals surface area contributed by atoms with Gasteiger partial charge in [-0.05, 0) is 30.2 Å². The van der Waals surface area contributed by atoms with E-state index in [1.165, 1.54) is 0 Å². The molecule has 0 aliphatic heterocycles. The van der Waals surface area contributed by atoms with Crippen LogP contribution in [0, 0.1) is 0 Å². The Labute approximate surface area is 162 Å². The molecule has 0 bridgehead atoms. The Balaban J connectivity index is 1.70. The lowest BCUT2D eigenvalue weighted by atomic mass is 10.1. The van der Waals surface area contributed by atoms with Gasteiger partial charge in [-0.25, -0.2) is 4.79 Å². The zero-order valence-electron chi connectivity index (χ0n) is 15.0. The summed E-state index contributed by atoms with van der Waals surface area (Å²) in [6, 6.07) is 17.3. The number of rotatable bonds is 7. The van der Waals surface area contributed by atoms with Gasteiger partial charge in [-0.2, -0.15) is 0 Å². The van der Waals surface area contributed by atoms with Crippen LogP contribution in [-0.4, -0.2) is 30.4 Å². The third kappa shape index (κ3) is 6.52. The van der Waals surface area contributed by atoms with Gasteiger partial charge in [0.05, 0.1) is 6.04 Å². The average Bonchev–Trinajstić information content (AvgIpc) is 2.62. The zero-order chi connectivity index (χ0) is 18.9. The minimum Gasteiger partial charge on any atom is -0.350 e. The van der Waals surface area contributed by atoms with Crippen LogP contribution < -0.4 is 10.6 Å². The molecule has 26 heavy (non-hydrogen) atoms. The zero-order valence-corrected chi connectivity index (χ0v) is 16.6. The highest BCUT2D eigenvalue weighted by Gasteiger charge is 2.12. The molecule has 5 nitrogen and oxygen atoms in total. The van der Waals surface area contributed by atoms with Crippen LogP contribution in [0.5, 0.6) is 0 Å². The van der Waals surface area contributed by atoms with E-state index in [0.29, 0.717) is 13.1 Å². The van der Waals surface area contributed by atoms with E-state index < -0.39 is 0 Å². The second-order valence-electron chi connectivity index (χ2n) is 6.16. The summed E-state index contributed by atoms with van der Waals surface area (Å²) < 4.78 is 1.00. The number of carbonyl (C=O) groups excluding carboxylic acids is 2. The van der Waals surface area contributed by atoms with Gasteiger partial charge >= 0.3 is 6.03 Å². The first-order valence-electron chi connectivity index (χ1n) is 8.53. The molecule has 2 aromatic rings. The second kappa shape index (κ2) is 9.97. The average molecular weight is 418 g/mol. The first-order valence-corrected chi connectivity index (χ1v) is 9.32. The van der Waals surface area contributed by atoms with Crippen LogP contribution >= 0.6 is 15.9 Å². The highest BCUT2D eigenvalue weighted by molar-refractivity contribution is 9.10. The largest absolute Gasteiger partial charge is 0.350 e. The number of nitrogens with zero attached hydrogens (tertiary/aromatic N) is 1. The standard InChI is InChI=1S/C20H24BrN3O2/c1-15(17-8-10-18(21)11-9-17)23-19(25)12-13-22-20(26)24(2)14-16-6-4-3-5-7-16/h3-11,15H,12-14H2,1-2H3,(H,22,26)(H,23,25). The van der Waals surface area contributed by atoms with E-state index in [1.807, 2.05) is 61.5 Å². The highest BCUT2D eigenvalue weighted by atomic mass is 79.9. The Hall–Kier alpha value is -2.34. The van der Waals surface area contributed by atoms with Crippen LogP contribution in [-0.2, 0) is 11.3 Å². The van der Waals surface area contributed by atoms with Crippen LogP contribution in [0.3, 0.4) is 0 Å². The van der Waals surface area contributed by atoms with Crippen molar-refractivity contribution in [3.8, 4) is 0 Å². The van der Waals surface area contributed by atoms with Gasteiger partial charge in [0.25, 0.3) is 0 Å². The molecule has 1 unspecified atom stereocenters.